The maximum Gasteiger partial charge on any atom is 0.122 e. The second kappa shape index (κ2) is 6.12. The summed E-state index contributed by atoms with van der Waals surface area (Å²) in [6.07, 6.45) is 0.720. The molecule has 0 spiro atoms. The number of nitrogens with zero attached hydrogens (tertiary/aromatic N) is 2. The lowest BCUT2D eigenvalue weighted by molar-refractivity contribution is 0.408. The number of hydrogen-bond acceptors (Lipinski definition) is 5. The summed E-state index contributed by atoms with van der Waals surface area (Å²) in [6, 6.07) is 6.05. The van der Waals surface area contributed by atoms with Crippen LogP contribution < -0.4 is 10.5 Å². The average Bonchev–Trinajstić information content (AvgIpc) is 2.88. The molecule has 0 fully saturated rings. The molecule has 21 heavy (non-hydrogen) atoms. The number of hydrogen-bond donors (Lipinski definition) is 1. The van der Waals surface area contributed by atoms with E-state index in [0.29, 0.717) is 0 Å². The maximum absolute atomic E-state index is 6.42. The van der Waals surface area contributed by atoms with Crippen LogP contribution >= 0.6 is 11.5 Å². The van der Waals surface area contributed by atoms with E-state index in [1.165, 1.54) is 17.1 Å². The molecular weight excluding hydrogens is 282 g/mol. The Kier molecular flexibility index (Phi) is 4.64. The van der Waals surface area contributed by atoms with Crippen molar-refractivity contribution >= 4 is 11.5 Å². The zero-order valence-electron chi connectivity index (χ0n) is 13.3. The van der Waals surface area contributed by atoms with Gasteiger partial charge in [-0.15, -0.1) is 5.10 Å². The first-order valence-corrected chi connectivity index (χ1v) is 7.82. The predicted octanol–water partition coefficient (Wildman–Crippen LogP) is 3.40. The molecule has 1 aromatic heterocycles. The van der Waals surface area contributed by atoms with Gasteiger partial charge in [-0.05, 0) is 36.5 Å². The molecular formula is C16H23N3OS. The van der Waals surface area contributed by atoms with Crippen LogP contribution in [0.3, 0.4) is 0 Å². The number of benzene rings is 1. The largest absolute Gasteiger partial charge is 0.496 e. The topological polar surface area (TPSA) is 61.0 Å². The first-order valence-electron chi connectivity index (χ1n) is 7.04. The highest BCUT2D eigenvalue weighted by molar-refractivity contribution is 7.05. The molecule has 0 aliphatic rings. The van der Waals surface area contributed by atoms with Crippen LogP contribution in [-0.4, -0.2) is 16.7 Å². The Labute approximate surface area is 130 Å². The summed E-state index contributed by atoms with van der Waals surface area (Å²) in [5, 5.41) is 4.27. The van der Waals surface area contributed by atoms with Crippen molar-refractivity contribution in [2.45, 2.75) is 45.6 Å². The highest BCUT2D eigenvalue weighted by atomic mass is 32.1. The number of nitrogens with two attached hydrogens (primary N) is 1. The summed E-state index contributed by atoms with van der Waals surface area (Å²) in [5.74, 6) is 0.880. The average molecular weight is 305 g/mol. The van der Waals surface area contributed by atoms with Crippen LogP contribution in [0.1, 0.15) is 48.5 Å². The molecule has 0 bridgehead atoms. The molecule has 114 valence electrons. The number of aryl methyl sites for hydroxylation is 1. The molecule has 0 aliphatic carbocycles. The second-order valence-corrected chi connectivity index (χ2v) is 7.15. The Bertz CT molecular complexity index is 616. The minimum atomic E-state index is -0.116. The molecule has 2 rings (SSSR count). The summed E-state index contributed by atoms with van der Waals surface area (Å²) >= 11 is 1.39. The van der Waals surface area contributed by atoms with Gasteiger partial charge in [0.1, 0.15) is 5.75 Å². The van der Waals surface area contributed by atoms with E-state index >= 15 is 0 Å². The Morgan fingerprint density at radius 1 is 1.33 bits per heavy atom. The number of rotatable bonds is 4. The van der Waals surface area contributed by atoms with Gasteiger partial charge in [0.15, 0.2) is 0 Å². The Morgan fingerprint density at radius 2 is 2.05 bits per heavy atom. The SMILES string of the molecule is COc1ccc(C)cc1CC(N)c1snnc1C(C)(C)C. The molecule has 2 aromatic rings. The molecule has 4 nitrogen and oxygen atoms in total. The predicted molar refractivity (Wildman–Crippen MR) is 87.0 cm³/mol. The summed E-state index contributed by atoms with van der Waals surface area (Å²) in [7, 11) is 1.69. The van der Waals surface area contributed by atoms with Crippen molar-refractivity contribution in [2.24, 2.45) is 5.73 Å². The van der Waals surface area contributed by atoms with Crippen molar-refractivity contribution < 1.29 is 4.74 Å². The molecule has 0 amide bonds. The van der Waals surface area contributed by atoms with Crippen LogP contribution in [0.2, 0.25) is 0 Å². The molecule has 2 N–H and O–H groups in total. The van der Waals surface area contributed by atoms with Crippen LogP contribution in [-0.2, 0) is 11.8 Å². The Morgan fingerprint density at radius 3 is 2.67 bits per heavy atom. The minimum absolute atomic E-state index is 0.0450. The summed E-state index contributed by atoms with van der Waals surface area (Å²) in [5.41, 5.74) is 9.69. The van der Waals surface area contributed by atoms with E-state index in [9.17, 15) is 0 Å². The lowest BCUT2D eigenvalue weighted by atomic mass is 9.89. The lowest BCUT2D eigenvalue weighted by Gasteiger charge is -2.20. The van der Waals surface area contributed by atoms with Gasteiger partial charge in [-0.25, -0.2) is 0 Å². The molecule has 0 radical (unpaired) electrons. The van der Waals surface area contributed by atoms with E-state index in [0.717, 1.165) is 28.3 Å². The zero-order chi connectivity index (χ0) is 15.6. The number of aromatic nitrogens is 2. The van der Waals surface area contributed by atoms with Gasteiger partial charge >= 0.3 is 0 Å². The highest BCUT2D eigenvalue weighted by Gasteiger charge is 2.26. The van der Waals surface area contributed by atoms with Gasteiger partial charge in [-0.2, -0.15) is 0 Å². The van der Waals surface area contributed by atoms with E-state index in [1.54, 1.807) is 7.11 Å². The van der Waals surface area contributed by atoms with Crippen molar-refractivity contribution in [3.63, 3.8) is 0 Å². The summed E-state index contributed by atoms with van der Waals surface area (Å²) < 4.78 is 9.52. The second-order valence-electron chi connectivity index (χ2n) is 6.36. The van der Waals surface area contributed by atoms with E-state index in [1.807, 2.05) is 12.1 Å². The number of methoxy groups -OCH3 is 1. The van der Waals surface area contributed by atoms with Gasteiger partial charge < -0.3 is 10.5 Å². The van der Waals surface area contributed by atoms with Crippen molar-refractivity contribution in [2.75, 3.05) is 7.11 Å². The smallest absolute Gasteiger partial charge is 0.122 e. The minimum Gasteiger partial charge on any atom is -0.496 e. The lowest BCUT2D eigenvalue weighted by Crippen LogP contribution is -2.20. The van der Waals surface area contributed by atoms with Crippen LogP contribution in [0.25, 0.3) is 0 Å². The molecule has 1 heterocycles. The van der Waals surface area contributed by atoms with Crippen LogP contribution in [0.5, 0.6) is 5.75 Å². The molecule has 0 aliphatic heterocycles. The molecule has 1 atom stereocenters. The first kappa shape index (κ1) is 15.9. The fraction of sp³-hybridized carbons (Fsp3) is 0.500. The zero-order valence-corrected chi connectivity index (χ0v) is 14.1. The van der Waals surface area contributed by atoms with Crippen molar-refractivity contribution in [1.29, 1.82) is 0 Å². The molecule has 0 saturated carbocycles. The quantitative estimate of drug-likeness (QED) is 0.940. The third-order valence-electron chi connectivity index (χ3n) is 3.44. The third-order valence-corrected chi connectivity index (χ3v) is 4.29. The molecule has 1 unspecified atom stereocenters. The van der Waals surface area contributed by atoms with Crippen molar-refractivity contribution in [3.8, 4) is 5.75 Å². The van der Waals surface area contributed by atoms with E-state index < -0.39 is 0 Å². The standard InChI is InChI=1S/C16H23N3OS/c1-10-6-7-13(20-5)11(8-10)9-12(17)14-15(16(2,3)4)18-19-21-14/h6-8,12H,9,17H2,1-5H3. The first-order chi connectivity index (χ1) is 9.82. The van der Waals surface area contributed by atoms with Crippen molar-refractivity contribution in [1.82, 2.24) is 9.59 Å². The Balaban J connectivity index is 2.29. The molecule has 0 saturated heterocycles. The highest BCUT2D eigenvalue weighted by Crippen LogP contribution is 2.32. The number of ether oxygens (including phenoxy) is 1. The normalized spacial score (nSPS) is 13.2. The van der Waals surface area contributed by atoms with Gasteiger partial charge in [0.25, 0.3) is 0 Å². The third kappa shape index (κ3) is 3.60. The Hall–Kier alpha value is -1.46. The van der Waals surface area contributed by atoms with Crippen LogP contribution in [0, 0.1) is 6.92 Å². The van der Waals surface area contributed by atoms with Gasteiger partial charge in [0, 0.05) is 11.5 Å². The van der Waals surface area contributed by atoms with Gasteiger partial charge in [-0.1, -0.05) is 43.0 Å². The van der Waals surface area contributed by atoms with Gasteiger partial charge in [0.05, 0.1) is 17.7 Å². The summed E-state index contributed by atoms with van der Waals surface area (Å²) in [4.78, 5) is 1.06. The van der Waals surface area contributed by atoms with Gasteiger partial charge in [0.2, 0.25) is 0 Å². The van der Waals surface area contributed by atoms with Gasteiger partial charge in [-0.3, -0.25) is 0 Å². The van der Waals surface area contributed by atoms with Crippen LogP contribution in [0.4, 0.5) is 0 Å². The maximum atomic E-state index is 6.42. The fourth-order valence-electron chi connectivity index (χ4n) is 2.36. The fourth-order valence-corrected chi connectivity index (χ4v) is 3.22. The molecule has 1 aromatic carbocycles. The van der Waals surface area contributed by atoms with E-state index in [4.69, 9.17) is 10.5 Å². The van der Waals surface area contributed by atoms with Crippen molar-refractivity contribution in [3.05, 3.63) is 39.9 Å². The van der Waals surface area contributed by atoms with Crippen LogP contribution in [0.15, 0.2) is 18.2 Å². The summed E-state index contributed by atoms with van der Waals surface area (Å²) in [6.45, 7) is 8.47. The molecule has 5 heteroatoms. The van der Waals surface area contributed by atoms with E-state index in [-0.39, 0.29) is 11.5 Å². The van der Waals surface area contributed by atoms with E-state index in [2.05, 4.69) is 43.3 Å². The monoisotopic (exact) mass is 305 g/mol.